The zero-order valence-corrected chi connectivity index (χ0v) is 18.0. The van der Waals surface area contributed by atoms with Gasteiger partial charge in [-0.05, 0) is 55.2 Å². The van der Waals surface area contributed by atoms with E-state index < -0.39 is 5.97 Å². The summed E-state index contributed by atoms with van der Waals surface area (Å²) in [7, 11) is 0. The third-order valence-corrected chi connectivity index (χ3v) is 6.50. The fourth-order valence-electron chi connectivity index (χ4n) is 4.80. The van der Waals surface area contributed by atoms with Crippen LogP contribution in [0.25, 0.3) is 0 Å². The number of para-hydroxylation sites is 1. The molecule has 1 spiro atoms. The van der Waals surface area contributed by atoms with Crippen LogP contribution in [0, 0.1) is 5.41 Å². The van der Waals surface area contributed by atoms with E-state index in [2.05, 4.69) is 0 Å². The number of rotatable bonds is 4. The molecule has 2 aliphatic heterocycles. The Bertz CT molecular complexity index is 1010. The van der Waals surface area contributed by atoms with E-state index in [4.69, 9.17) is 16.7 Å². The summed E-state index contributed by atoms with van der Waals surface area (Å²) in [5.41, 5.74) is 2.33. The van der Waals surface area contributed by atoms with Gasteiger partial charge in [0.15, 0.2) is 0 Å². The van der Waals surface area contributed by atoms with Crippen LogP contribution in [-0.4, -0.2) is 47.4 Å². The summed E-state index contributed by atoms with van der Waals surface area (Å²) in [5.74, 6) is -1.18. The molecule has 2 aromatic rings. The third kappa shape index (κ3) is 4.59. The summed E-state index contributed by atoms with van der Waals surface area (Å²) >= 11 is 5.99. The Morgan fingerprint density at radius 2 is 1.74 bits per heavy atom. The first-order valence-electron chi connectivity index (χ1n) is 10.5. The predicted octanol–water partition coefficient (Wildman–Crippen LogP) is 4.02. The first-order chi connectivity index (χ1) is 14.9. The van der Waals surface area contributed by atoms with E-state index in [0.717, 1.165) is 30.5 Å². The maximum Gasteiger partial charge on any atom is 0.303 e. The van der Waals surface area contributed by atoms with Gasteiger partial charge in [-0.2, -0.15) is 0 Å². The number of nitrogens with zero attached hydrogens (tertiary/aromatic N) is 2. The standard InChI is InChI=1S/C24H25ClN2O4/c25-19-8-6-17(7-9-19)23(31)27-16-24(14-18-4-1-2-5-20(18)27)12-3-13-26(15-24)21(28)10-11-22(29)30/h1-2,4-9H,3,10-16H2,(H,29,30). The average Bonchev–Trinajstić information content (AvgIpc) is 2.77. The van der Waals surface area contributed by atoms with Crippen molar-refractivity contribution in [2.75, 3.05) is 24.5 Å². The molecule has 1 N–H and O–H groups in total. The molecule has 1 unspecified atom stereocenters. The van der Waals surface area contributed by atoms with Crippen LogP contribution in [-0.2, 0) is 16.0 Å². The highest BCUT2D eigenvalue weighted by molar-refractivity contribution is 6.30. The summed E-state index contributed by atoms with van der Waals surface area (Å²) in [6.45, 7) is 1.69. The molecule has 6 nitrogen and oxygen atoms in total. The molecule has 0 aliphatic carbocycles. The van der Waals surface area contributed by atoms with Crippen LogP contribution in [0.3, 0.4) is 0 Å². The molecule has 1 fully saturated rings. The van der Waals surface area contributed by atoms with E-state index in [0.29, 0.717) is 30.2 Å². The minimum atomic E-state index is -0.966. The first kappa shape index (κ1) is 21.4. The minimum absolute atomic E-state index is 0.00935. The average molecular weight is 441 g/mol. The third-order valence-electron chi connectivity index (χ3n) is 6.24. The molecule has 2 aromatic carbocycles. The maximum absolute atomic E-state index is 13.4. The Labute approximate surface area is 186 Å². The van der Waals surface area contributed by atoms with Gasteiger partial charge in [0.05, 0.1) is 6.42 Å². The van der Waals surface area contributed by atoms with Crippen molar-refractivity contribution >= 4 is 35.1 Å². The van der Waals surface area contributed by atoms with Crippen LogP contribution in [0.1, 0.15) is 41.6 Å². The van der Waals surface area contributed by atoms with Gasteiger partial charge < -0.3 is 14.9 Å². The predicted molar refractivity (Wildman–Crippen MR) is 118 cm³/mol. The smallest absolute Gasteiger partial charge is 0.303 e. The highest BCUT2D eigenvalue weighted by atomic mass is 35.5. The Morgan fingerprint density at radius 3 is 2.48 bits per heavy atom. The molecule has 7 heteroatoms. The number of anilines is 1. The number of carbonyl (C=O) groups is 3. The molecular formula is C24H25ClN2O4. The van der Waals surface area contributed by atoms with Gasteiger partial charge in [-0.15, -0.1) is 0 Å². The Balaban J connectivity index is 1.61. The van der Waals surface area contributed by atoms with Gasteiger partial charge in [0, 0.05) is 47.7 Å². The van der Waals surface area contributed by atoms with Crippen molar-refractivity contribution in [2.24, 2.45) is 5.41 Å². The lowest BCUT2D eigenvalue weighted by Gasteiger charge is -2.49. The summed E-state index contributed by atoms with van der Waals surface area (Å²) in [6.07, 6.45) is 2.39. The molecule has 2 amide bonds. The number of carbonyl (C=O) groups excluding carboxylic acids is 2. The zero-order valence-electron chi connectivity index (χ0n) is 17.2. The highest BCUT2D eigenvalue weighted by Gasteiger charge is 2.43. The van der Waals surface area contributed by atoms with E-state index in [9.17, 15) is 14.4 Å². The molecular weight excluding hydrogens is 416 g/mol. The van der Waals surface area contributed by atoms with Gasteiger partial charge in [0.25, 0.3) is 5.91 Å². The molecule has 2 heterocycles. The van der Waals surface area contributed by atoms with Crippen LogP contribution in [0.15, 0.2) is 48.5 Å². The summed E-state index contributed by atoms with van der Waals surface area (Å²) in [5, 5.41) is 9.49. The van der Waals surface area contributed by atoms with Crippen LogP contribution in [0.4, 0.5) is 5.69 Å². The number of amides is 2. The van der Waals surface area contributed by atoms with E-state index in [1.165, 1.54) is 0 Å². The van der Waals surface area contributed by atoms with Gasteiger partial charge in [-0.3, -0.25) is 14.4 Å². The van der Waals surface area contributed by atoms with Crippen LogP contribution in [0.2, 0.25) is 5.02 Å². The van der Waals surface area contributed by atoms with Crippen LogP contribution < -0.4 is 4.90 Å². The van der Waals surface area contributed by atoms with Gasteiger partial charge in [0.1, 0.15) is 0 Å². The van der Waals surface area contributed by atoms with Crippen LogP contribution >= 0.6 is 11.6 Å². The number of benzene rings is 2. The molecule has 0 saturated carbocycles. The topological polar surface area (TPSA) is 77.9 Å². The number of carboxylic acid groups (broad SMARTS) is 1. The maximum atomic E-state index is 13.4. The normalized spacial score (nSPS) is 20.4. The molecule has 1 atom stereocenters. The van der Waals surface area contributed by atoms with Crippen molar-refractivity contribution < 1.29 is 19.5 Å². The van der Waals surface area contributed by atoms with Gasteiger partial charge in [-0.25, -0.2) is 0 Å². The van der Waals surface area contributed by atoms with Crippen molar-refractivity contribution in [1.82, 2.24) is 4.90 Å². The number of carboxylic acids is 1. The van der Waals surface area contributed by atoms with Gasteiger partial charge >= 0.3 is 5.97 Å². The van der Waals surface area contributed by atoms with Crippen molar-refractivity contribution in [3.8, 4) is 0 Å². The number of piperidine rings is 1. The van der Waals surface area contributed by atoms with Crippen molar-refractivity contribution in [3.05, 3.63) is 64.7 Å². The summed E-state index contributed by atoms with van der Waals surface area (Å²) in [4.78, 5) is 40.5. The minimum Gasteiger partial charge on any atom is -0.481 e. The number of aliphatic carboxylic acids is 1. The lowest BCUT2D eigenvalue weighted by Crippen LogP contribution is -2.55. The number of likely N-dealkylation sites (tertiary alicyclic amines) is 1. The summed E-state index contributed by atoms with van der Waals surface area (Å²) < 4.78 is 0. The molecule has 1 saturated heterocycles. The largest absolute Gasteiger partial charge is 0.481 e. The van der Waals surface area contributed by atoms with Crippen molar-refractivity contribution in [1.29, 1.82) is 0 Å². The molecule has 2 aliphatic rings. The highest BCUT2D eigenvalue weighted by Crippen LogP contribution is 2.42. The monoisotopic (exact) mass is 440 g/mol. The molecule has 0 bridgehead atoms. The Morgan fingerprint density at radius 1 is 1.00 bits per heavy atom. The van der Waals surface area contributed by atoms with Crippen molar-refractivity contribution in [3.63, 3.8) is 0 Å². The molecule has 0 radical (unpaired) electrons. The van der Waals surface area contributed by atoms with E-state index in [1.54, 1.807) is 29.2 Å². The first-order valence-corrected chi connectivity index (χ1v) is 10.9. The second kappa shape index (κ2) is 8.71. The SMILES string of the molecule is O=C(O)CCC(=O)N1CCCC2(Cc3ccccc3N(C(=O)c3ccc(Cl)cc3)C2)C1. The second-order valence-electron chi connectivity index (χ2n) is 8.52. The number of hydrogen-bond acceptors (Lipinski definition) is 3. The van der Waals surface area contributed by atoms with Gasteiger partial charge in [0.2, 0.25) is 5.91 Å². The molecule has 4 rings (SSSR count). The Hall–Kier alpha value is -2.86. The lowest BCUT2D eigenvalue weighted by atomic mass is 9.72. The van der Waals surface area contributed by atoms with E-state index in [1.807, 2.05) is 29.2 Å². The number of halogens is 1. The van der Waals surface area contributed by atoms with Crippen molar-refractivity contribution in [2.45, 2.75) is 32.1 Å². The lowest BCUT2D eigenvalue weighted by molar-refractivity contribution is -0.142. The molecule has 31 heavy (non-hydrogen) atoms. The fraction of sp³-hybridized carbons (Fsp3) is 0.375. The van der Waals surface area contributed by atoms with E-state index >= 15 is 0 Å². The number of hydrogen-bond donors (Lipinski definition) is 1. The van der Waals surface area contributed by atoms with E-state index in [-0.39, 0.29) is 30.1 Å². The zero-order chi connectivity index (χ0) is 22.0. The Kier molecular flexibility index (Phi) is 6.01. The van der Waals surface area contributed by atoms with Gasteiger partial charge in [-0.1, -0.05) is 29.8 Å². The quantitative estimate of drug-likeness (QED) is 0.779. The molecule has 0 aromatic heterocycles. The summed E-state index contributed by atoms with van der Waals surface area (Å²) in [6, 6.07) is 14.8. The number of fused-ring (bicyclic) bond motifs is 1. The second-order valence-corrected chi connectivity index (χ2v) is 8.95. The molecule has 162 valence electrons. The fourth-order valence-corrected chi connectivity index (χ4v) is 4.93. The van der Waals surface area contributed by atoms with Crippen LogP contribution in [0.5, 0.6) is 0 Å².